The first kappa shape index (κ1) is 13.4. The minimum absolute atomic E-state index is 0.110. The van der Waals surface area contributed by atoms with E-state index in [4.69, 9.17) is 11.6 Å². The van der Waals surface area contributed by atoms with Crippen LogP contribution in [-0.4, -0.2) is 16.7 Å². The number of aromatic amines is 1. The summed E-state index contributed by atoms with van der Waals surface area (Å²) in [5.41, 5.74) is 2.32. The molecule has 1 aromatic carbocycles. The SMILES string of the molecule is CC(=O)c1ccc(C(=O)Nc2ccc(Cl)cc2C)[nH]1. The van der Waals surface area contributed by atoms with E-state index in [1.54, 1.807) is 30.3 Å². The number of H-pyrrole nitrogens is 1. The number of anilines is 1. The number of nitrogens with one attached hydrogen (secondary N) is 2. The molecule has 0 aliphatic carbocycles. The maximum absolute atomic E-state index is 12.0. The van der Waals surface area contributed by atoms with E-state index in [1.165, 1.54) is 6.92 Å². The Kier molecular flexibility index (Phi) is 3.71. The number of aromatic nitrogens is 1. The van der Waals surface area contributed by atoms with Gasteiger partial charge in [-0.05, 0) is 42.8 Å². The van der Waals surface area contributed by atoms with Crippen molar-refractivity contribution < 1.29 is 9.59 Å². The summed E-state index contributed by atoms with van der Waals surface area (Å²) >= 11 is 5.85. The third-order valence-corrected chi connectivity index (χ3v) is 2.98. The highest BCUT2D eigenvalue weighted by Crippen LogP contribution is 2.20. The van der Waals surface area contributed by atoms with E-state index in [-0.39, 0.29) is 11.7 Å². The highest BCUT2D eigenvalue weighted by molar-refractivity contribution is 6.30. The minimum Gasteiger partial charge on any atom is -0.348 e. The lowest BCUT2D eigenvalue weighted by Crippen LogP contribution is -2.13. The number of benzene rings is 1. The Balaban J connectivity index is 2.18. The van der Waals surface area contributed by atoms with Gasteiger partial charge in [-0.15, -0.1) is 0 Å². The molecule has 0 aliphatic rings. The van der Waals surface area contributed by atoms with Crippen LogP contribution >= 0.6 is 11.6 Å². The van der Waals surface area contributed by atoms with Crippen molar-refractivity contribution in [2.75, 3.05) is 5.32 Å². The molecule has 1 amide bonds. The van der Waals surface area contributed by atoms with Crippen LogP contribution < -0.4 is 5.32 Å². The van der Waals surface area contributed by atoms with Crippen LogP contribution in [0.1, 0.15) is 33.5 Å². The average Bonchev–Trinajstić information content (AvgIpc) is 2.82. The topological polar surface area (TPSA) is 62.0 Å². The average molecular weight is 277 g/mol. The number of carbonyl (C=O) groups is 2. The number of rotatable bonds is 3. The van der Waals surface area contributed by atoms with Crippen LogP contribution in [0.25, 0.3) is 0 Å². The monoisotopic (exact) mass is 276 g/mol. The van der Waals surface area contributed by atoms with Crippen LogP contribution in [-0.2, 0) is 0 Å². The summed E-state index contributed by atoms with van der Waals surface area (Å²) in [7, 11) is 0. The molecule has 0 aliphatic heterocycles. The van der Waals surface area contributed by atoms with Crippen LogP contribution in [0.4, 0.5) is 5.69 Å². The highest BCUT2D eigenvalue weighted by atomic mass is 35.5. The molecule has 0 fully saturated rings. The standard InChI is InChI=1S/C14H13ClN2O2/c1-8-7-10(15)3-4-11(8)17-14(19)13-6-5-12(16-13)9(2)18/h3-7,16H,1-2H3,(H,17,19). The molecule has 0 saturated carbocycles. The quantitative estimate of drug-likeness (QED) is 0.844. The van der Waals surface area contributed by atoms with E-state index in [9.17, 15) is 9.59 Å². The fourth-order valence-electron chi connectivity index (χ4n) is 1.69. The van der Waals surface area contributed by atoms with Crippen molar-refractivity contribution in [3.63, 3.8) is 0 Å². The van der Waals surface area contributed by atoms with Gasteiger partial charge in [0.2, 0.25) is 0 Å². The third kappa shape index (κ3) is 3.03. The van der Waals surface area contributed by atoms with Gasteiger partial charge in [0.15, 0.2) is 5.78 Å². The van der Waals surface area contributed by atoms with Gasteiger partial charge in [0.05, 0.1) is 5.69 Å². The Morgan fingerprint density at radius 1 is 1.16 bits per heavy atom. The molecule has 1 heterocycles. The van der Waals surface area contributed by atoms with E-state index in [0.29, 0.717) is 22.1 Å². The van der Waals surface area contributed by atoms with E-state index in [2.05, 4.69) is 10.3 Å². The van der Waals surface area contributed by atoms with Gasteiger partial charge >= 0.3 is 0 Å². The molecular formula is C14H13ClN2O2. The van der Waals surface area contributed by atoms with Crippen LogP contribution in [0.5, 0.6) is 0 Å². The lowest BCUT2D eigenvalue weighted by molar-refractivity contribution is 0.101. The molecule has 98 valence electrons. The molecule has 0 radical (unpaired) electrons. The second kappa shape index (κ2) is 5.28. The highest BCUT2D eigenvalue weighted by Gasteiger charge is 2.11. The van der Waals surface area contributed by atoms with Crippen molar-refractivity contribution in [1.82, 2.24) is 4.98 Å². The van der Waals surface area contributed by atoms with Crippen molar-refractivity contribution in [2.45, 2.75) is 13.8 Å². The first-order valence-electron chi connectivity index (χ1n) is 5.75. The van der Waals surface area contributed by atoms with Gasteiger partial charge in [0.1, 0.15) is 5.69 Å². The van der Waals surface area contributed by atoms with Crippen molar-refractivity contribution in [1.29, 1.82) is 0 Å². The fraction of sp³-hybridized carbons (Fsp3) is 0.143. The number of carbonyl (C=O) groups excluding carboxylic acids is 2. The van der Waals surface area contributed by atoms with E-state index < -0.39 is 0 Å². The predicted octanol–water partition coefficient (Wildman–Crippen LogP) is 3.43. The lowest BCUT2D eigenvalue weighted by atomic mass is 10.2. The maximum atomic E-state index is 12.0. The van der Waals surface area contributed by atoms with Gasteiger partial charge in [0, 0.05) is 17.6 Å². The van der Waals surface area contributed by atoms with Crippen molar-refractivity contribution in [3.05, 3.63) is 52.3 Å². The zero-order valence-corrected chi connectivity index (χ0v) is 11.3. The number of amides is 1. The first-order valence-corrected chi connectivity index (χ1v) is 6.12. The van der Waals surface area contributed by atoms with Gasteiger partial charge in [-0.2, -0.15) is 0 Å². The van der Waals surface area contributed by atoms with Crippen LogP contribution in [0.15, 0.2) is 30.3 Å². The lowest BCUT2D eigenvalue weighted by Gasteiger charge is -2.07. The molecule has 2 rings (SSSR count). The molecule has 0 spiro atoms. The second-order valence-corrected chi connectivity index (χ2v) is 4.69. The molecule has 5 heteroatoms. The van der Waals surface area contributed by atoms with Gasteiger partial charge in [-0.25, -0.2) is 0 Å². The predicted molar refractivity (Wildman–Crippen MR) is 74.9 cm³/mol. The van der Waals surface area contributed by atoms with Crippen molar-refractivity contribution in [3.8, 4) is 0 Å². The molecule has 2 aromatic rings. The molecule has 4 nitrogen and oxygen atoms in total. The summed E-state index contributed by atoms with van der Waals surface area (Å²) < 4.78 is 0. The molecule has 0 unspecified atom stereocenters. The third-order valence-electron chi connectivity index (χ3n) is 2.75. The smallest absolute Gasteiger partial charge is 0.272 e. The number of halogens is 1. The number of Topliss-reactive ketones (excluding diaryl/α,β-unsaturated/α-hetero) is 1. The summed E-state index contributed by atoms with van der Waals surface area (Å²) in [6.45, 7) is 3.30. The van der Waals surface area contributed by atoms with Crippen molar-refractivity contribution in [2.24, 2.45) is 0 Å². The van der Waals surface area contributed by atoms with E-state index >= 15 is 0 Å². The largest absolute Gasteiger partial charge is 0.348 e. The Morgan fingerprint density at radius 2 is 1.84 bits per heavy atom. The van der Waals surface area contributed by atoms with Gasteiger partial charge in [0.25, 0.3) is 5.91 Å². The molecule has 0 bridgehead atoms. The summed E-state index contributed by atoms with van der Waals surface area (Å²) in [4.78, 5) is 25.9. The zero-order valence-electron chi connectivity index (χ0n) is 10.6. The number of aryl methyl sites for hydroxylation is 1. The number of hydrogen-bond donors (Lipinski definition) is 2. The normalized spacial score (nSPS) is 10.3. The first-order chi connectivity index (χ1) is 8.97. The molecule has 0 saturated heterocycles. The van der Waals surface area contributed by atoms with Gasteiger partial charge in [-0.1, -0.05) is 11.6 Å². The fourth-order valence-corrected chi connectivity index (χ4v) is 1.92. The summed E-state index contributed by atoms with van der Waals surface area (Å²) in [5, 5.41) is 3.39. The molecule has 1 aromatic heterocycles. The van der Waals surface area contributed by atoms with Gasteiger partial charge in [-0.3, -0.25) is 9.59 Å². The number of hydrogen-bond acceptors (Lipinski definition) is 2. The molecule has 2 N–H and O–H groups in total. The molecule has 19 heavy (non-hydrogen) atoms. The zero-order chi connectivity index (χ0) is 14.0. The Labute approximate surface area is 115 Å². The van der Waals surface area contributed by atoms with Crippen LogP contribution in [0.2, 0.25) is 5.02 Å². The second-order valence-electron chi connectivity index (χ2n) is 4.26. The van der Waals surface area contributed by atoms with Crippen LogP contribution in [0.3, 0.4) is 0 Å². The Hall–Kier alpha value is -2.07. The summed E-state index contributed by atoms with van der Waals surface area (Å²) in [6.07, 6.45) is 0. The summed E-state index contributed by atoms with van der Waals surface area (Å²) in [5.74, 6) is -0.403. The Morgan fingerprint density at radius 3 is 2.42 bits per heavy atom. The van der Waals surface area contributed by atoms with Crippen LogP contribution in [0, 0.1) is 6.92 Å². The Bertz CT molecular complexity index is 647. The minimum atomic E-state index is -0.294. The molecular weight excluding hydrogens is 264 g/mol. The number of ketones is 1. The van der Waals surface area contributed by atoms with Crippen molar-refractivity contribution >= 4 is 29.0 Å². The van der Waals surface area contributed by atoms with Gasteiger partial charge < -0.3 is 10.3 Å². The molecule has 0 atom stereocenters. The van der Waals surface area contributed by atoms with E-state index in [0.717, 1.165) is 5.56 Å². The maximum Gasteiger partial charge on any atom is 0.272 e. The van der Waals surface area contributed by atoms with E-state index in [1.807, 2.05) is 6.92 Å². The summed E-state index contributed by atoms with van der Waals surface area (Å²) in [6, 6.07) is 8.39.